The van der Waals surface area contributed by atoms with Crippen LogP contribution in [0.15, 0.2) is 30.3 Å². The van der Waals surface area contributed by atoms with Gasteiger partial charge in [-0.15, -0.1) is 0 Å². The number of carboxylic acid groups (broad SMARTS) is 2. The molecule has 1 aromatic rings. The molecule has 4 atom stereocenters. The van der Waals surface area contributed by atoms with Crippen molar-refractivity contribution in [2.45, 2.75) is 65.3 Å². The molecule has 200 valence electrons. The number of ether oxygens (including phenoxy) is 1. The fourth-order valence-corrected chi connectivity index (χ4v) is 3.75. The number of carbonyl (C=O) groups is 5. The fourth-order valence-electron chi connectivity index (χ4n) is 3.75. The first-order valence-corrected chi connectivity index (χ1v) is 11.8. The van der Waals surface area contributed by atoms with Gasteiger partial charge in [0.1, 0.15) is 24.7 Å². The van der Waals surface area contributed by atoms with Crippen LogP contribution in [0.25, 0.3) is 0 Å². The van der Waals surface area contributed by atoms with Crippen molar-refractivity contribution in [1.29, 1.82) is 0 Å². The minimum atomic E-state index is -1.60. The van der Waals surface area contributed by atoms with E-state index in [1.807, 2.05) is 25.1 Å². The van der Waals surface area contributed by atoms with Crippen molar-refractivity contribution in [3.63, 3.8) is 0 Å². The molecule has 0 aliphatic rings. The predicted octanol–water partition coefficient (Wildman–Crippen LogP) is 2.20. The maximum atomic E-state index is 13.5. The van der Waals surface area contributed by atoms with Gasteiger partial charge in [0.25, 0.3) is 0 Å². The van der Waals surface area contributed by atoms with E-state index < -0.39 is 60.3 Å². The van der Waals surface area contributed by atoms with E-state index in [4.69, 9.17) is 9.84 Å². The van der Waals surface area contributed by atoms with Gasteiger partial charge in [0, 0.05) is 14.1 Å². The Kier molecular flexibility index (Phi) is 11.9. The van der Waals surface area contributed by atoms with Gasteiger partial charge in [-0.1, -0.05) is 64.4 Å². The fraction of sp³-hybridized carbons (Fsp3) is 0.560. The van der Waals surface area contributed by atoms with E-state index in [2.05, 4.69) is 5.32 Å². The molecular weight excluding hydrogens is 470 g/mol. The second-order valence-electron chi connectivity index (χ2n) is 9.11. The topological polar surface area (TPSA) is 154 Å². The number of amides is 3. The first-order chi connectivity index (χ1) is 16.8. The van der Waals surface area contributed by atoms with Crippen molar-refractivity contribution in [2.24, 2.45) is 11.8 Å². The van der Waals surface area contributed by atoms with Crippen LogP contribution in [0, 0.1) is 11.8 Å². The first kappa shape index (κ1) is 30.4. The van der Waals surface area contributed by atoms with E-state index in [9.17, 15) is 29.1 Å². The highest BCUT2D eigenvalue weighted by Gasteiger charge is 2.40. The number of carbonyl (C=O) groups excluding carboxylic acids is 3. The zero-order valence-corrected chi connectivity index (χ0v) is 21.6. The summed E-state index contributed by atoms with van der Waals surface area (Å²) in [5.74, 6) is -4.84. The minimum Gasteiger partial charge on any atom is -0.481 e. The lowest BCUT2D eigenvalue weighted by atomic mass is 9.95. The largest absolute Gasteiger partial charge is 0.481 e. The molecule has 0 spiro atoms. The van der Waals surface area contributed by atoms with E-state index in [-0.39, 0.29) is 12.5 Å². The van der Waals surface area contributed by atoms with Crippen LogP contribution in [0.2, 0.25) is 0 Å². The summed E-state index contributed by atoms with van der Waals surface area (Å²) in [4.78, 5) is 64.0. The Hall–Kier alpha value is -3.63. The summed E-state index contributed by atoms with van der Waals surface area (Å²) >= 11 is 0. The Labute approximate surface area is 211 Å². The average Bonchev–Trinajstić information content (AvgIpc) is 2.83. The molecule has 0 fully saturated rings. The van der Waals surface area contributed by atoms with Crippen molar-refractivity contribution < 1.29 is 38.9 Å². The monoisotopic (exact) mass is 507 g/mol. The molecule has 3 amide bonds. The number of nitrogens with one attached hydrogen (secondary N) is 1. The van der Waals surface area contributed by atoms with Crippen LogP contribution in [-0.2, 0) is 30.5 Å². The lowest BCUT2D eigenvalue weighted by Crippen LogP contribution is -2.59. The van der Waals surface area contributed by atoms with Gasteiger partial charge >= 0.3 is 18.0 Å². The van der Waals surface area contributed by atoms with Gasteiger partial charge in [-0.05, 0) is 17.4 Å². The SMILES string of the molecule is CC[C@H](C)[C@H](NC(=O)OCc1ccccc1)C(=O)N(C)[C@H](C(=O)N(C)[C@@H](CC(=O)O)C(=O)O)C(C)C. The van der Waals surface area contributed by atoms with Gasteiger partial charge in [0.15, 0.2) is 0 Å². The van der Waals surface area contributed by atoms with Gasteiger partial charge < -0.3 is 30.1 Å². The lowest BCUT2D eigenvalue weighted by molar-refractivity contribution is -0.157. The zero-order chi connectivity index (χ0) is 27.6. The number of alkyl carbamates (subject to hydrolysis) is 1. The molecule has 11 heteroatoms. The standard InChI is InChI=1S/C25H37N3O8/c1-7-16(4)20(26-25(35)36-14-17-11-9-8-10-12-17)22(31)28(6)21(15(2)3)23(32)27(5)18(24(33)34)13-19(29)30/h8-12,15-16,18,20-21H,7,13-14H2,1-6H3,(H,26,35)(H,29,30)(H,33,34)/t16-,18-,20-,21-/m0/s1. The lowest BCUT2D eigenvalue weighted by Gasteiger charge is -2.37. The van der Waals surface area contributed by atoms with Gasteiger partial charge in [0.2, 0.25) is 11.8 Å². The number of benzene rings is 1. The van der Waals surface area contributed by atoms with E-state index in [1.54, 1.807) is 32.9 Å². The molecule has 11 nitrogen and oxygen atoms in total. The second kappa shape index (κ2) is 14.1. The summed E-state index contributed by atoms with van der Waals surface area (Å²) in [5.41, 5.74) is 0.777. The van der Waals surface area contributed by atoms with E-state index >= 15 is 0 Å². The van der Waals surface area contributed by atoms with E-state index in [1.165, 1.54) is 19.0 Å². The van der Waals surface area contributed by atoms with Crippen LogP contribution in [0.4, 0.5) is 4.79 Å². The van der Waals surface area contributed by atoms with Crippen molar-refractivity contribution in [3.05, 3.63) is 35.9 Å². The van der Waals surface area contributed by atoms with Crippen LogP contribution in [-0.4, -0.2) is 82.1 Å². The van der Waals surface area contributed by atoms with Crippen molar-refractivity contribution in [3.8, 4) is 0 Å². The van der Waals surface area contributed by atoms with Crippen LogP contribution in [0.3, 0.4) is 0 Å². The predicted molar refractivity (Wildman–Crippen MR) is 131 cm³/mol. The number of nitrogens with zero attached hydrogens (tertiary/aromatic N) is 2. The van der Waals surface area contributed by atoms with Crippen LogP contribution < -0.4 is 5.32 Å². The molecule has 0 aliphatic carbocycles. The molecule has 36 heavy (non-hydrogen) atoms. The quantitative estimate of drug-likeness (QED) is 0.367. The number of likely N-dealkylation sites (N-methyl/N-ethyl adjacent to an activating group) is 2. The molecule has 1 rings (SSSR count). The Bertz CT molecular complexity index is 921. The van der Waals surface area contributed by atoms with Crippen molar-refractivity contribution >= 4 is 29.8 Å². The molecule has 0 radical (unpaired) electrons. The van der Waals surface area contributed by atoms with Gasteiger partial charge in [-0.2, -0.15) is 0 Å². The minimum absolute atomic E-state index is 0.0159. The Balaban J connectivity index is 3.09. The summed E-state index contributed by atoms with van der Waals surface area (Å²) < 4.78 is 5.25. The van der Waals surface area contributed by atoms with E-state index in [0.29, 0.717) is 6.42 Å². The maximum Gasteiger partial charge on any atom is 0.408 e. The summed E-state index contributed by atoms with van der Waals surface area (Å²) in [7, 11) is 2.60. The van der Waals surface area contributed by atoms with Crippen molar-refractivity contribution in [1.82, 2.24) is 15.1 Å². The molecule has 0 bridgehead atoms. The smallest absolute Gasteiger partial charge is 0.408 e. The molecule has 0 heterocycles. The third-order valence-corrected chi connectivity index (χ3v) is 6.08. The normalized spacial score (nSPS) is 14.2. The Morgan fingerprint density at radius 1 is 0.944 bits per heavy atom. The first-order valence-electron chi connectivity index (χ1n) is 11.8. The second-order valence-corrected chi connectivity index (χ2v) is 9.11. The van der Waals surface area contributed by atoms with Gasteiger partial charge in [-0.25, -0.2) is 9.59 Å². The Morgan fingerprint density at radius 2 is 1.53 bits per heavy atom. The highest BCUT2D eigenvalue weighted by atomic mass is 16.5. The third kappa shape index (κ3) is 8.54. The number of hydrogen-bond donors (Lipinski definition) is 3. The van der Waals surface area contributed by atoms with Crippen LogP contribution in [0.5, 0.6) is 0 Å². The van der Waals surface area contributed by atoms with Gasteiger partial charge in [0.05, 0.1) is 6.42 Å². The van der Waals surface area contributed by atoms with Gasteiger partial charge in [-0.3, -0.25) is 14.4 Å². The molecule has 0 aliphatic heterocycles. The van der Waals surface area contributed by atoms with Crippen molar-refractivity contribution in [2.75, 3.05) is 14.1 Å². The highest BCUT2D eigenvalue weighted by molar-refractivity contribution is 5.93. The van der Waals surface area contributed by atoms with Crippen LogP contribution in [0.1, 0.15) is 46.1 Å². The molecule has 0 aromatic heterocycles. The number of carboxylic acids is 2. The van der Waals surface area contributed by atoms with Crippen LogP contribution >= 0.6 is 0 Å². The highest BCUT2D eigenvalue weighted by Crippen LogP contribution is 2.19. The molecule has 0 unspecified atom stereocenters. The molecular formula is C25H37N3O8. The molecule has 0 saturated heterocycles. The average molecular weight is 508 g/mol. The molecule has 1 aromatic carbocycles. The Morgan fingerprint density at radius 3 is 2.00 bits per heavy atom. The third-order valence-electron chi connectivity index (χ3n) is 6.08. The zero-order valence-electron chi connectivity index (χ0n) is 21.6. The summed E-state index contributed by atoms with van der Waals surface area (Å²) in [6.07, 6.45) is -1.03. The summed E-state index contributed by atoms with van der Waals surface area (Å²) in [6.45, 7) is 7.02. The number of rotatable bonds is 13. The maximum absolute atomic E-state index is 13.5. The summed E-state index contributed by atoms with van der Waals surface area (Å²) in [5, 5.41) is 21.1. The number of hydrogen-bond acceptors (Lipinski definition) is 6. The molecule has 3 N–H and O–H groups in total. The number of aliphatic carboxylic acids is 2. The summed E-state index contributed by atoms with van der Waals surface area (Å²) in [6, 6.07) is 5.34. The molecule has 0 saturated carbocycles. The van der Waals surface area contributed by atoms with E-state index in [0.717, 1.165) is 10.5 Å².